The summed E-state index contributed by atoms with van der Waals surface area (Å²) in [5, 5.41) is 0. The molecule has 1 unspecified atom stereocenters. The summed E-state index contributed by atoms with van der Waals surface area (Å²) in [5.41, 5.74) is 0. The summed E-state index contributed by atoms with van der Waals surface area (Å²) in [4.78, 5) is 25.7. The highest BCUT2D eigenvalue weighted by Gasteiger charge is 2.25. The predicted octanol–water partition coefficient (Wildman–Crippen LogP) is -0.288. The van der Waals surface area contributed by atoms with Crippen LogP contribution in [-0.4, -0.2) is 61.0 Å². The van der Waals surface area contributed by atoms with Crippen LogP contribution in [0.3, 0.4) is 0 Å². The third-order valence-electron chi connectivity index (χ3n) is 2.67. The lowest BCUT2D eigenvalue weighted by Gasteiger charge is -2.35. The first-order chi connectivity index (χ1) is 7.19. The maximum Gasteiger partial charge on any atom is 0.323 e. The summed E-state index contributed by atoms with van der Waals surface area (Å²) >= 11 is 0. The highest BCUT2D eigenvalue weighted by atomic mass is 16.5. The smallest absolute Gasteiger partial charge is 0.323 e. The minimum Gasteiger partial charge on any atom is -0.465 e. The van der Waals surface area contributed by atoms with E-state index in [0.717, 1.165) is 19.5 Å². The monoisotopic (exact) mass is 214 g/mol. The first-order valence-electron chi connectivity index (χ1n) is 5.29. The van der Waals surface area contributed by atoms with Gasteiger partial charge in [0.1, 0.15) is 6.04 Å². The summed E-state index contributed by atoms with van der Waals surface area (Å²) in [6.07, 6.45) is 0.854. The van der Waals surface area contributed by atoms with E-state index in [1.807, 2.05) is 11.8 Å². The second kappa shape index (κ2) is 5.70. The van der Waals surface area contributed by atoms with Crippen molar-refractivity contribution in [1.82, 2.24) is 9.80 Å². The highest BCUT2D eigenvalue weighted by molar-refractivity contribution is 5.75. The van der Waals surface area contributed by atoms with Crippen molar-refractivity contribution in [3.63, 3.8) is 0 Å². The van der Waals surface area contributed by atoms with Gasteiger partial charge in [0.05, 0.1) is 6.61 Å². The van der Waals surface area contributed by atoms with Crippen molar-refractivity contribution in [1.29, 1.82) is 0 Å². The summed E-state index contributed by atoms with van der Waals surface area (Å²) in [7, 11) is 0. The fourth-order valence-electron chi connectivity index (χ4n) is 1.64. The molecule has 0 N–H and O–H groups in total. The number of ether oxygens (including phenoxy) is 1. The van der Waals surface area contributed by atoms with Crippen molar-refractivity contribution >= 4 is 12.4 Å². The van der Waals surface area contributed by atoms with Crippen molar-refractivity contribution in [3.8, 4) is 0 Å². The second-order valence-corrected chi connectivity index (χ2v) is 3.61. The molecule has 0 saturated carbocycles. The van der Waals surface area contributed by atoms with Crippen LogP contribution >= 0.6 is 0 Å². The molecule has 0 aromatic rings. The number of nitrogens with zero attached hydrogens (tertiary/aromatic N) is 2. The summed E-state index contributed by atoms with van der Waals surface area (Å²) in [6, 6.07) is -0.209. The van der Waals surface area contributed by atoms with Crippen LogP contribution in [0.5, 0.6) is 0 Å². The van der Waals surface area contributed by atoms with E-state index in [9.17, 15) is 9.59 Å². The molecule has 0 aromatic heterocycles. The number of piperazine rings is 1. The molecule has 1 aliphatic rings. The molecule has 0 radical (unpaired) electrons. The van der Waals surface area contributed by atoms with Gasteiger partial charge >= 0.3 is 5.97 Å². The van der Waals surface area contributed by atoms with Gasteiger partial charge in [0.25, 0.3) is 0 Å². The average molecular weight is 214 g/mol. The number of rotatable bonds is 4. The van der Waals surface area contributed by atoms with E-state index in [0.29, 0.717) is 19.7 Å². The second-order valence-electron chi connectivity index (χ2n) is 3.61. The van der Waals surface area contributed by atoms with E-state index in [-0.39, 0.29) is 12.0 Å². The molecule has 5 nitrogen and oxygen atoms in total. The SMILES string of the molecule is CCOC(=O)C(C)N1CCN(C=O)CC1. The maximum absolute atomic E-state index is 11.4. The molecule has 1 heterocycles. The van der Waals surface area contributed by atoms with Gasteiger partial charge in [0.15, 0.2) is 0 Å². The van der Waals surface area contributed by atoms with Gasteiger partial charge in [-0.15, -0.1) is 0 Å². The average Bonchev–Trinajstić information content (AvgIpc) is 2.28. The van der Waals surface area contributed by atoms with Crippen molar-refractivity contribution in [2.75, 3.05) is 32.8 Å². The summed E-state index contributed by atoms with van der Waals surface area (Å²) in [5.74, 6) is -0.183. The van der Waals surface area contributed by atoms with Crippen molar-refractivity contribution in [2.45, 2.75) is 19.9 Å². The van der Waals surface area contributed by atoms with Crippen LogP contribution in [0.1, 0.15) is 13.8 Å². The zero-order valence-electron chi connectivity index (χ0n) is 9.31. The zero-order valence-corrected chi connectivity index (χ0v) is 9.31. The Morgan fingerprint density at radius 1 is 1.40 bits per heavy atom. The third kappa shape index (κ3) is 3.20. The first kappa shape index (κ1) is 12.0. The molecule has 0 bridgehead atoms. The molecule has 1 saturated heterocycles. The summed E-state index contributed by atoms with van der Waals surface area (Å²) in [6.45, 7) is 6.90. The zero-order chi connectivity index (χ0) is 11.3. The van der Waals surface area contributed by atoms with E-state index in [2.05, 4.69) is 0 Å². The Balaban J connectivity index is 2.38. The largest absolute Gasteiger partial charge is 0.465 e. The Labute approximate surface area is 90.0 Å². The molecular formula is C10H18N2O3. The van der Waals surface area contributed by atoms with Crippen LogP contribution in [0.25, 0.3) is 0 Å². The third-order valence-corrected chi connectivity index (χ3v) is 2.67. The topological polar surface area (TPSA) is 49.9 Å². The van der Waals surface area contributed by atoms with E-state index in [1.54, 1.807) is 11.8 Å². The fraction of sp³-hybridized carbons (Fsp3) is 0.800. The van der Waals surface area contributed by atoms with Gasteiger partial charge < -0.3 is 9.64 Å². The molecular weight excluding hydrogens is 196 g/mol. The van der Waals surface area contributed by atoms with Crippen LogP contribution in [0.15, 0.2) is 0 Å². The standard InChI is InChI=1S/C10H18N2O3/c1-3-15-10(14)9(2)12-6-4-11(8-13)5-7-12/h8-9H,3-7H2,1-2H3. The molecule has 0 aliphatic carbocycles. The molecule has 1 atom stereocenters. The van der Waals surface area contributed by atoms with Crippen molar-refractivity contribution in [2.24, 2.45) is 0 Å². The van der Waals surface area contributed by atoms with Crippen LogP contribution in [0, 0.1) is 0 Å². The number of hydrogen-bond acceptors (Lipinski definition) is 4. The van der Waals surface area contributed by atoms with Gasteiger partial charge in [-0.3, -0.25) is 14.5 Å². The van der Waals surface area contributed by atoms with Gasteiger partial charge in [-0.1, -0.05) is 0 Å². The molecule has 1 fully saturated rings. The minimum atomic E-state index is -0.209. The van der Waals surface area contributed by atoms with Gasteiger partial charge in [-0.2, -0.15) is 0 Å². The number of carbonyl (C=O) groups excluding carboxylic acids is 2. The quantitative estimate of drug-likeness (QED) is 0.477. The Kier molecular flexibility index (Phi) is 4.55. The van der Waals surface area contributed by atoms with Crippen LogP contribution < -0.4 is 0 Å². The maximum atomic E-state index is 11.4. The van der Waals surface area contributed by atoms with Crippen LogP contribution in [0.2, 0.25) is 0 Å². The lowest BCUT2D eigenvalue weighted by molar-refractivity contribution is -0.149. The van der Waals surface area contributed by atoms with Crippen molar-refractivity contribution in [3.05, 3.63) is 0 Å². The molecule has 5 heteroatoms. The van der Waals surface area contributed by atoms with Crippen LogP contribution in [0.4, 0.5) is 0 Å². The predicted molar refractivity (Wildman–Crippen MR) is 55.3 cm³/mol. The number of hydrogen-bond donors (Lipinski definition) is 0. The fourth-order valence-corrected chi connectivity index (χ4v) is 1.64. The number of amides is 1. The van der Waals surface area contributed by atoms with Gasteiger partial charge in [-0.05, 0) is 13.8 Å². The van der Waals surface area contributed by atoms with E-state index < -0.39 is 0 Å². The van der Waals surface area contributed by atoms with Gasteiger partial charge in [-0.25, -0.2) is 0 Å². The normalized spacial score (nSPS) is 19.7. The van der Waals surface area contributed by atoms with Crippen molar-refractivity contribution < 1.29 is 14.3 Å². The van der Waals surface area contributed by atoms with E-state index in [1.165, 1.54) is 0 Å². The molecule has 15 heavy (non-hydrogen) atoms. The number of carbonyl (C=O) groups is 2. The van der Waals surface area contributed by atoms with Gasteiger partial charge in [0, 0.05) is 26.2 Å². The molecule has 1 amide bonds. The Bertz CT molecular complexity index is 225. The molecule has 0 spiro atoms. The molecule has 86 valence electrons. The Hall–Kier alpha value is -1.10. The number of esters is 1. The molecule has 0 aromatic carbocycles. The Morgan fingerprint density at radius 3 is 2.47 bits per heavy atom. The first-order valence-corrected chi connectivity index (χ1v) is 5.29. The minimum absolute atomic E-state index is 0.183. The van der Waals surface area contributed by atoms with Gasteiger partial charge in [0.2, 0.25) is 6.41 Å². The summed E-state index contributed by atoms with van der Waals surface area (Å²) < 4.78 is 4.95. The van der Waals surface area contributed by atoms with E-state index in [4.69, 9.17) is 4.74 Å². The highest BCUT2D eigenvalue weighted by Crippen LogP contribution is 2.06. The van der Waals surface area contributed by atoms with E-state index >= 15 is 0 Å². The van der Waals surface area contributed by atoms with Crippen LogP contribution in [-0.2, 0) is 14.3 Å². The lowest BCUT2D eigenvalue weighted by atomic mass is 10.2. The Morgan fingerprint density at radius 2 is 2.00 bits per heavy atom. The molecule has 1 aliphatic heterocycles. The molecule has 1 rings (SSSR count). The lowest BCUT2D eigenvalue weighted by Crippen LogP contribution is -2.51.